The van der Waals surface area contributed by atoms with Gasteiger partial charge in [-0.15, -0.1) is 10.2 Å². The van der Waals surface area contributed by atoms with Gasteiger partial charge in [0.05, 0.1) is 22.9 Å². The highest BCUT2D eigenvalue weighted by Gasteiger charge is 2.50. The Morgan fingerprint density at radius 1 is 1.20 bits per heavy atom. The molecule has 1 saturated carbocycles. The molecule has 1 fully saturated rings. The molecule has 0 amide bonds. The fourth-order valence-corrected chi connectivity index (χ4v) is 5.78. The lowest BCUT2D eigenvalue weighted by molar-refractivity contribution is -0.226. The summed E-state index contributed by atoms with van der Waals surface area (Å²) in [5, 5.41) is 31.4. The van der Waals surface area contributed by atoms with Gasteiger partial charge in [0.15, 0.2) is 11.5 Å². The lowest BCUT2D eigenvalue weighted by Crippen LogP contribution is -2.61. The first-order valence-electron chi connectivity index (χ1n) is 14.1. The fourth-order valence-electron chi connectivity index (χ4n) is 5.78. The SMILES string of the molecule is C=C/C=C\N=C(N)c1nnc2c3cc(C4=CC=CCC4)c(-c4ccc(C5(NC(O)C(F)(F)F)CC(O)C5)cc4)nc3ccn12. The van der Waals surface area contributed by atoms with Crippen LogP contribution in [0, 0.1) is 0 Å². The average molecular weight is 602 g/mol. The molecule has 2 aliphatic rings. The number of nitrogens with zero attached hydrogens (tertiary/aromatic N) is 5. The summed E-state index contributed by atoms with van der Waals surface area (Å²) in [6, 6.07) is 10.9. The zero-order valence-electron chi connectivity index (χ0n) is 23.5. The number of aliphatic imine (C=N–C) groups is 1. The van der Waals surface area contributed by atoms with Crippen LogP contribution >= 0.6 is 0 Å². The van der Waals surface area contributed by atoms with Gasteiger partial charge in [-0.25, -0.2) is 9.98 Å². The van der Waals surface area contributed by atoms with Crippen LogP contribution in [0.1, 0.15) is 42.6 Å². The molecule has 4 aromatic rings. The number of pyridine rings is 2. The van der Waals surface area contributed by atoms with Gasteiger partial charge in [0.25, 0.3) is 0 Å². The van der Waals surface area contributed by atoms with Crippen molar-refractivity contribution in [3.63, 3.8) is 0 Å². The zero-order valence-corrected chi connectivity index (χ0v) is 23.5. The van der Waals surface area contributed by atoms with E-state index in [1.165, 1.54) is 6.20 Å². The molecule has 0 saturated heterocycles. The quantitative estimate of drug-likeness (QED) is 0.0977. The van der Waals surface area contributed by atoms with Gasteiger partial charge in [-0.1, -0.05) is 55.1 Å². The maximum Gasteiger partial charge on any atom is 0.427 e. The normalized spacial score (nSPS) is 21.5. The fraction of sp³-hybridized carbons (Fsp3) is 0.250. The van der Waals surface area contributed by atoms with E-state index >= 15 is 0 Å². The molecule has 5 N–H and O–H groups in total. The zero-order chi connectivity index (χ0) is 31.1. The molecule has 0 radical (unpaired) electrons. The molecule has 3 heterocycles. The van der Waals surface area contributed by atoms with Crippen LogP contribution in [0.15, 0.2) is 90.7 Å². The van der Waals surface area contributed by atoms with E-state index in [1.807, 2.05) is 36.4 Å². The Kier molecular flexibility index (Phi) is 7.66. The first-order chi connectivity index (χ1) is 21.1. The molecule has 3 aromatic heterocycles. The molecule has 6 rings (SSSR count). The van der Waals surface area contributed by atoms with Crippen molar-refractivity contribution in [3.8, 4) is 11.3 Å². The van der Waals surface area contributed by atoms with E-state index < -0.39 is 24.0 Å². The molecule has 0 aliphatic heterocycles. The van der Waals surface area contributed by atoms with Gasteiger partial charge < -0.3 is 15.9 Å². The van der Waals surface area contributed by atoms with E-state index in [4.69, 9.17) is 10.7 Å². The van der Waals surface area contributed by atoms with Crippen LogP contribution < -0.4 is 11.1 Å². The number of halogens is 3. The summed E-state index contributed by atoms with van der Waals surface area (Å²) >= 11 is 0. The lowest BCUT2D eigenvalue weighted by atomic mass is 9.69. The van der Waals surface area contributed by atoms with E-state index in [1.54, 1.807) is 34.9 Å². The van der Waals surface area contributed by atoms with E-state index in [-0.39, 0.29) is 18.7 Å². The predicted octanol–water partition coefficient (Wildman–Crippen LogP) is 4.90. The molecule has 1 unspecified atom stereocenters. The van der Waals surface area contributed by atoms with Crippen molar-refractivity contribution < 1.29 is 23.4 Å². The summed E-state index contributed by atoms with van der Waals surface area (Å²) in [7, 11) is 0. The average Bonchev–Trinajstić information content (AvgIpc) is 3.44. The van der Waals surface area contributed by atoms with Gasteiger partial charge in [-0.2, -0.15) is 13.2 Å². The molecule has 2 aliphatic carbocycles. The van der Waals surface area contributed by atoms with Crippen molar-refractivity contribution in [2.24, 2.45) is 10.7 Å². The molecule has 0 spiro atoms. The minimum Gasteiger partial charge on any atom is -0.393 e. The monoisotopic (exact) mass is 601 g/mol. The van der Waals surface area contributed by atoms with Crippen LogP contribution in [-0.2, 0) is 5.54 Å². The number of fused-ring (bicyclic) bond motifs is 3. The van der Waals surface area contributed by atoms with Crippen molar-refractivity contribution in [2.45, 2.75) is 49.7 Å². The van der Waals surface area contributed by atoms with Crippen LogP contribution in [0.4, 0.5) is 13.2 Å². The van der Waals surface area contributed by atoms with E-state index in [0.717, 1.165) is 34.9 Å². The largest absolute Gasteiger partial charge is 0.427 e. The van der Waals surface area contributed by atoms with Crippen LogP contribution in [0.2, 0.25) is 0 Å². The maximum absolute atomic E-state index is 13.2. The third-order valence-corrected chi connectivity index (χ3v) is 8.00. The van der Waals surface area contributed by atoms with Crippen molar-refractivity contribution >= 4 is 28.0 Å². The molecular formula is C32H30F3N7O2. The van der Waals surface area contributed by atoms with Gasteiger partial charge in [0.1, 0.15) is 0 Å². The molecule has 12 heteroatoms. The summed E-state index contributed by atoms with van der Waals surface area (Å²) in [6.45, 7) is 3.62. The molecule has 9 nitrogen and oxygen atoms in total. The van der Waals surface area contributed by atoms with Crippen LogP contribution in [0.5, 0.6) is 0 Å². The number of aromatic nitrogens is 4. The minimum absolute atomic E-state index is 0.0499. The number of allylic oxidation sites excluding steroid dienone is 6. The highest BCUT2D eigenvalue weighted by molar-refractivity contribution is 6.00. The first kappa shape index (κ1) is 29.4. The number of benzene rings is 1. The van der Waals surface area contributed by atoms with Gasteiger partial charge >= 0.3 is 6.18 Å². The Labute approximate surface area is 250 Å². The van der Waals surface area contributed by atoms with Crippen molar-refractivity contribution in [1.29, 1.82) is 0 Å². The summed E-state index contributed by atoms with van der Waals surface area (Å²) < 4.78 is 41.3. The maximum atomic E-state index is 13.2. The van der Waals surface area contributed by atoms with Gasteiger partial charge in [0, 0.05) is 28.9 Å². The summed E-state index contributed by atoms with van der Waals surface area (Å²) in [4.78, 5) is 9.23. The number of nitrogens with one attached hydrogen (secondary N) is 1. The topological polar surface area (TPSA) is 134 Å². The van der Waals surface area contributed by atoms with Crippen LogP contribution in [0.3, 0.4) is 0 Å². The van der Waals surface area contributed by atoms with Gasteiger partial charge in [-0.05, 0) is 55.0 Å². The van der Waals surface area contributed by atoms with Crippen LogP contribution in [0.25, 0.3) is 33.4 Å². The van der Waals surface area contributed by atoms with E-state index in [9.17, 15) is 23.4 Å². The number of hydrogen-bond acceptors (Lipinski definition) is 7. The summed E-state index contributed by atoms with van der Waals surface area (Å²) in [5.74, 6) is 0.574. The second-order valence-electron chi connectivity index (χ2n) is 10.9. The van der Waals surface area contributed by atoms with Gasteiger partial charge in [0.2, 0.25) is 12.1 Å². The number of hydrogen-bond donors (Lipinski definition) is 4. The van der Waals surface area contributed by atoms with Crippen LogP contribution in [-0.4, -0.2) is 54.1 Å². The third-order valence-electron chi connectivity index (χ3n) is 8.00. The molecule has 44 heavy (non-hydrogen) atoms. The Morgan fingerprint density at radius 2 is 1.98 bits per heavy atom. The second-order valence-corrected chi connectivity index (χ2v) is 10.9. The molecule has 0 bridgehead atoms. The first-order valence-corrected chi connectivity index (χ1v) is 14.1. The van der Waals surface area contributed by atoms with Crippen molar-refractivity contribution in [1.82, 2.24) is 24.9 Å². The number of nitrogens with two attached hydrogens (primary N) is 1. The Bertz CT molecular complexity index is 1850. The number of alkyl halides is 3. The van der Waals surface area contributed by atoms with Crippen molar-refractivity contribution in [2.75, 3.05) is 0 Å². The molecule has 1 atom stereocenters. The third kappa shape index (κ3) is 5.43. The van der Waals surface area contributed by atoms with E-state index in [0.29, 0.717) is 28.2 Å². The second kappa shape index (κ2) is 11.5. The lowest BCUT2D eigenvalue weighted by Gasteiger charge is -2.48. The molecule has 226 valence electrons. The number of aliphatic hydroxyl groups is 2. The van der Waals surface area contributed by atoms with Gasteiger partial charge in [-0.3, -0.25) is 9.72 Å². The Balaban J connectivity index is 1.43. The smallest absolute Gasteiger partial charge is 0.393 e. The predicted molar refractivity (Wildman–Crippen MR) is 162 cm³/mol. The summed E-state index contributed by atoms with van der Waals surface area (Å²) in [5.41, 5.74) is 10.2. The summed E-state index contributed by atoms with van der Waals surface area (Å²) in [6.07, 6.45) is 6.13. The van der Waals surface area contributed by atoms with E-state index in [2.05, 4.69) is 33.2 Å². The Hall–Kier alpha value is -4.65. The Morgan fingerprint density at radius 3 is 2.64 bits per heavy atom. The highest BCUT2D eigenvalue weighted by atomic mass is 19.4. The highest BCUT2D eigenvalue weighted by Crippen LogP contribution is 2.44. The molecular weight excluding hydrogens is 571 g/mol. The van der Waals surface area contributed by atoms with Crippen molar-refractivity contribution in [3.05, 3.63) is 103 Å². The number of rotatable bonds is 8. The molecule has 1 aromatic carbocycles. The minimum atomic E-state index is -4.84. The standard InChI is InChI=1S/C32H30F3N7O2/c1-2-3-14-37-27(36)29-41-40-28-24-16-23(19-7-5-4-6-8-19)26(38-25(24)13-15-42(28)29)20-9-11-21(12-10-20)31(17-22(43)18-31)39-30(44)32(33,34)35/h2-5,7,9-16,22,30,39,43-44H,1,6,8,17-18H2,(H2,36,37)/b14-3-. The number of amidine groups is 1. The number of aliphatic hydroxyl groups excluding tert-OH is 2.